The van der Waals surface area contributed by atoms with Crippen molar-refractivity contribution >= 4 is 11.5 Å². The van der Waals surface area contributed by atoms with Crippen LogP contribution in [0, 0.1) is 11.3 Å². The maximum absolute atomic E-state index is 12.8. The van der Waals surface area contributed by atoms with Gasteiger partial charge in [0.2, 0.25) is 5.91 Å². The zero-order chi connectivity index (χ0) is 19.5. The lowest BCUT2D eigenvalue weighted by Crippen LogP contribution is -2.65. The van der Waals surface area contributed by atoms with Gasteiger partial charge in [0.15, 0.2) is 0 Å². The molecule has 5 nitrogen and oxygen atoms in total. The SMILES string of the molecule is N#C[C@H]1[C@@H](c2ccc(C3=CCCC3)cc2)[C@@H](CO)N1C(=O)Cc1ccncc1. The van der Waals surface area contributed by atoms with Crippen molar-refractivity contribution in [1.29, 1.82) is 5.26 Å². The van der Waals surface area contributed by atoms with Crippen LogP contribution in [0.1, 0.15) is 41.9 Å². The minimum absolute atomic E-state index is 0.138. The molecule has 1 aliphatic carbocycles. The number of amides is 1. The Kier molecular flexibility index (Phi) is 5.23. The van der Waals surface area contributed by atoms with Crippen LogP contribution in [0.15, 0.2) is 54.9 Å². The molecule has 1 N–H and O–H groups in total. The van der Waals surface area contributed by atoms with Gasteiger partial charge in [-0.1, -0.05) is 30.3 Å². The number of nitrogens with zero attached hydrogens (tertiary/aromatic N) is 3. The minimum atomic E-state index is -0.553. The van der Waals surface area contributed by atoms with Crippen LogP contribution in [-0.4, -0.2) is 39.6 Å². The highest BCUT2D eigenvalue weighted by Crippen LogP contribution is 2.41. The number of carbonyl (C=O) groups excluding carboxylic acids is 1. The van der Waals surface area contributed by atoms with E-state index in [1.807, 2.05) is 12.1 Å². The van der Waals surface area contributed by atoms with Crippen molar-refractivity contribution in [2.45, 2.75) is 43.7 Å². The van der Waals surface area contributed by atoms with Gasteiger partial charge >= 0.3 is 0 Å². The summed E-state index contributed by atoms with van der Waals surface area (Å²) in [6, 6.07) is 13.2. The smallest absolute Gasteiger partial charge is 0.228 e. The van der Waals surface area contributed by atoms with Gasteiger partial charge in [-0.05, 0) is 53.7 Å². The third-order valence-corrected chi connectivity index (χ3v) is 5.83. The van der Waals surface area contributed by atoms with E-state index in [-0.39, 0.29) is 30.9 Å². The first-order valence-corrected chi connectivity index (χ1v) is 9.73. The number of pyridine rings is 1. The van der Waals surface area contributed by atoms with E-state index in [1.54, 1.807) is 29.4 Å². The molecule has 5 heteroatoms. The summed E-state index contributed by atoms with van der Waals surface area (Å²) in [5.74, 6) is -0.302. The number of likely N-dealkylation sites (tertiary alicyclic amines) is 1. The van der Waals surface area contributed by atoms with Crippen LogP contribution in [0.25, 0.3) is 5.57 Å². The van der Waals surface area contributed by atoms with Crippen molar-refractivity contribution in [3.63, 3.8) is 0 Å². The number of allylic oxidation sites excluding steroid dienone is 2. The zero-order valence-electron chi connectivity index (χ0n) is 15.7. The molecule has 1 aromatic carbocycles. The number of hydrogen-bond acceptors (Lipinski definition) is 4. The Morgan fingerprint density at radius 2 is 1.96 bits per heavy atom. The molecule has 3 atom stereocenters. The maximum atomic E-state index is 12.8. The summed E-state index contributed by atoms with van der Waals surface area (Å²) in [7, 11) is 0. The molecule has 0 radical (unpaired) electrons. The number of benzene rings is 1. The van der Waals surface area contributed by atoms with Crippen LogP contribution in [0.4, 0.5) is 0 Å². The maximum Gasteiger partial charge on any atom is 0.228 e. The summed E-state index contributed by atoms with van der Waals surface area (Å²) >= 11 is 0. The quantitative estimate of drug-likeness (QED) is 0.874. The van der Waals surface area contributed by atoms with E-state index in [0.717, 1.165) is 24.0 Å². The van der Waals surface area contributed by atoms with Gasteiger partial charge in [0.1, 0.15) is 6.04 Å². The Morgan fingerprint density at radius 1 is 1.21 bits per heavy atom. The molecule has 0 unspecified atom stereocenters. The van der Waals surface area contributed by atoms with E-state index in [1.165, 1.54) is 17.6 Å². The second kappa shape index (κ2) is 7.95. The molecule has 0 saturated carbocycles. The summed E-state index contributed by atoms with van der Waals surface area (Å²) in [6.45, 7) is -0.155. The van der Waals surface area contributed by atoms with Crippen molar-refractivity contribution in [1.82, 2.24) is 9.88 Å². The zero-order valence-corrected chi connectivity index (χ0v) is 15.7. The minimum Gasteiger partial charge on any atom is -0.394 e. The van der Waals surface area contributed by atoms with Crippen molar-refractivity contribution in [2.24, 2.45) is 0 Å². The van der Waals surface area contributed by atoms with Crippen LogP contribution < -0.4 is 0 Å². The van der Waals surface area contributed by atoms with Crippen LogP contribution in [0.3, 0.4) is 0 Å². The van der Waals surface area contributed by atoms with E-state index in [9.17, 15) is 15.2 Å². The highest BCUT2D eigenvalue weighted by molar-refractivity contribution is 5.81. The number of rotatable bonds is 5. The number of carbonyl (C=O) groups is 1. The first-order chi connectivity index (χ1) is 13.7. The summed E-state index contributed by atoms with van der Waals surface area (Å²) in [5.41, 5.74) is 4.46. The topological polar surface area (TPSA) is 77.2 Å². The van der Waals surface area contributed by atoms with E-state index >= 15 is 0 Å². The predicted octanol–water partition coefficient (Wildman–Crippen LogP) is 3.07. The van der Waals surface area contributed by atoms with Gasteiger partial charge in [-0.25, -0.2) is 0 Å². The number of aromatic nitrogens is 1. The summed E-state index contributed by atoms with van der Waals surface area (Å²) in [5, 5.41) is 19.6. The second-order valence-electron chi connectivity index (χ2n) is 7.43. The molecule has 2 aliphatic rings. The molecule has 142 valence electrons. The molecule has 28 heavy (non-hydrogen) atoms. The average molecular weight is 373 g/mol. The van der Waals surface area contributed by atoms with Gasteiger partial charge in [-0.2, -0.15) is 5.26 Å². The third kappa shape index (κ3) is 3.32. The van der Waals surface area contributed by atoms with Gasteiger partial charge in [-0.15, -0.1) is 0 Å². The first kappa shape index (κ1) is 18.4. The predicted molar refractivity (Wildman–Crippen MR) is 106 cm³/mol. The fourth-order valence-electron chi connectivity index (χ4n) is 4.37. The fourth-order valence-corrected chi connectivity index (χ4v) is 4.37. The Morgan fingerprint density at radius 3 is 2.57 bits per heavy atom. The van der Waals surface area contributed by atoms with E-state index in [2.05, 4.69) is 29.3 Å². The fraction of sp³-hybridized carbons (Fsp3) is 0.348. The van der Waals surface area contributed by atoms with E-state index in [0.29, 0.717) is 0 Å². The van der Waals surface area contributed by atoms with E-state index < -0.39 is 6.04 Å². The highest BCUT2D eigenvalue weighted by Gasteiger charge is 2.51. The number of nitriles is 1. The summed E-state index contributed by atoms with van der Waals surface area (Å²) in [4.78, 5) is 18.3. The molecule has 1 aliphatic heterocycles. The molecule has 1 aromatic heterocycles. The van der Waals surface area contributed by atoms with Gasteiger partial charge in [-0.3, -0.25) is 9.78 Å². The Bertz CT molecular complexity index is 915. The second-order valence-corrected chi connectivity index (χ2v) is 7.43. The van der Waals surface area contributed by atoms with Gasteiger partial charge < -0.3 is 10.0 Å². The van der Waals surface area contributed by atoms with Crippen molar-refractivity contribution in [3.05, 3.63) is 71.6 Å². The lowest BCUT2D eigenvalue weighted by Gasteiger charge is -2.51. The third-order valence-electron chi connectivity index (χ3n) is 5.83. The molecule has 1 saturated heterocycles. The molecule has 1 amide bonds. The van der Waals surface area contributed by atoms with Crippen molar-refractivity contribution in [2.75, 3.05) is 6.61 Å². The number of aliphatic hydroxyl groups is 1. The molecule has 0 spiro atoms. The highest BCUT2D eigenvalue weighted by atomic mass is 16.3. The summed E-state index contributed by atoms with van der Waals surface area (Å²) < 4.78 is 0. The molecule has 0 bridgehead atoms. The Balaban J connectivity index is 1.52. The molecule has 1 fully saturated rings. The Hall–Kier alpha value is -2.97. The van der Waals surface area contributed by atoms with Crippen LogP contribution in [0.5, 0.6) is 0 Å². The molecular weight excluding hydrogens is 350 g/mol. The normalized spacial score (nSPS) is 23.6. The molecule has 2 heterocycles. The molecular formula is C23H23N3O2. The lowest BCUT2D eigenvalue weighted by atomic mass is 9.75. The van der Waals surface area contributed by atoms with Gasteiger partial charge in [0, 0.05) is 18.3 Å². The number of hydrogen-bond donors (Lipinski definition) is 1. The van der Waals surface area contributed by atoms with E-state index in [4.69, 9.17) is 0 Å². The largest absolute Gasteiger partial charge is 0.394 e. The monoisotopic (exact) mass is 373 g/mol. The molecule has 2 aromatic rings. The van der Waals surface area contributed by atoms with Crippen molar-refractivity contribution in [3.8, 4) is 6.07 Å². The first-order valence-electron chi connectivity index (χ1n) is 9.73. The molecule has 4 rings (SSSR count). The van der Waals surface area contributed by atoms with Crippen LogP contribution in [-0.2, 0) is 11.2 Å². The van der Waals surface area contributed by atoms with Crippen LogP contribution in [0.2, 0.25) is 0 Å². The Labute approximate surface area is 164 Å². The number of aliphatic hydroxyl groups excluding tert-OH is 1. The van der Waals surface area contributed by atoms with Gasteiger partial charge in [0.05, 0.1) is 25.1 Å². The lowest BCUT2D eigenvalue weighted by molar-refractivity contribution is -0.146. The average Bonchev–Trinajstić information content (AvgIpc) is 3.24. The standard InChI is InChI=1S/C23H23N3O2/c24-14-20-23(19-7-5-18(6-8-19)17-3-1-2-4-17)21(15-27)26(20)22(28)13-16-9-11-25-12-10-16/h3,5-12,20-21,23,27H,1-2,4,13,15H2/t20-,21+,23+/m0/s1. The van der Waals surface area contributed by atoms with Crippen LogP contribution >= 0.6 is 0 Å². The summed E-state index contributed by atoms with van der Waals surface area (Å²) in [6.07, 6.45) is 9.24. The van der Waals surface area contributed by atoms with Gasteiger partial charge in [0.25, 0.3) is 0 Å². The van der Waals surface area contributed by atoms with Crippen molar-refractivity contribution < 1.29 is 9.90 Å².